The summed E-state index contributed by atoms with van der Waals surface area (Å²) in [6.45, 7) is 18.2. The molecule has 648 valence electrons. The maximum atomic E-state index is 12.7. The van der Waals surface area contributed by atoms with Crippen LogP contribution in [-0.4, -0.2) is 193 Å². The molecule has 38 heteroatoms. The molecular formula is C84H96Cl5N12NaO20. The van der Waals surface area contributed by atoms with Crippen molar-refractivity contribution < 1.29 is 126 Å². The van der Waals surface area contributed by atoms with Crippen molar-refractivity contribution in [1.29, 1.82) is 5.26 Å². The van der Waals surface area contributed by atoms with Crippen LogP contribution in [-0.2, 0) is 84.6 Å². The Labute approximate surface area is 753 Å². The SMILES string of the molecule is CC(=O)OC(C)=O.CCN(CC)CC.CO.CO.COC(=O)Cc1cccc(-c2noc(C)n2)c1.COC(=O)Cc1cccc(/C(N)=N/O)c1.COC(=O)Cc1cccc(C#N)c1.Cc1nc(-c2cccc(CC(=O)N3CCC(c4cc(Cl)ccc4Cl)=N3)c2)no1.Cc1nc(-c2cccc(CC(=O)O)c2)no1.O=C(CCCl)c1cc(Cl)ccc1Cl.[Na+].[OH-]. The summed E-state index contributed by atoms with van der Waals surface area (Å²) in [5, 5.41) is 62.2. The fourth-order valence-electron chi connectivity index (χ4n) is 9.87. The first kappa shape index (κ1) is 111. The molecule has 3 aromatic heterocycles. The Balaban J connectivity index is 0.00000141. The molecule has 4 heterocycles. The van der Waals surface area contributed by atoms with Crippen LogP contribution in [0.3, 0.4) is 0 Å². The molecule has 10 aromatic rings. The third-order valence-electron chi connectivity index (χ3n) is 15.5. The third-order valence-corrected chi connectivity index (χ3v) is 16.8. The summed E-state index contributed by atoms with van der Waals surface area (Å²) in [7, 11) is 6.04. The van der Waals surface area contributed by atoms with Gasteiger partial charge in [0.1, 0.15) is 0 Å². The van der Waals surface area contributed by atoms with Crippen LogP contribution in [0.5, 0.6) is 0 Å². The maximum Gasteiger partial charge on any atom is 1.00 e. The average Bonchev–Trinajstić information content (AvgIpc) is 1.67. The number of aliphatic carboxylic acids is 1. The van der Waals surface area contributed by atoms with E-state index >= 15 is 0 Å². The Hall–Kier alpha value is -11.2. The first-order valence-corrected chi connectivity index (χ1v) is 38.3. The largest absolute Gasteiger partial charge is 1.00 e. The molecule has 7 aromatic carbocycles. The first-order valence-electron chi connectivity index (χ1n) is 36.2. The van der Waals surface area contributed by atoms with E-state index in [1.807, 2.05) is 60.7 Å². The van der Waals surface area contributed by atoms with Crippen LogP contribution >= 0.6 is 58.0 Å². The molecule has 0 radical (unpaired) electrons. The van der Waals surface area contributed by atoms with Gasteiger partial charge in [0.2, 0.25) is 41.1 Å². The molecule has 0 saturated heterocycles. The number of halogens is 5. The van der Waals surface area contributed by atoms with Crippen LogP contribution in [0.15, 0.2) is 182 Å². The second-order valence-corrected chi connectivity index (χ2v) is 26.2. The predicted octanol–water partition coefficient (Wildman–Crippen LogP) is 11.0. The van der Waals surface area contributed by atoms with E-state index < -0.39 is 17.9 Å². The van der Waals surface area contributed by atoms with Gasteiger partial charge in [-0.1, -0.05) is 173 Å². The molecule has 32 nitrogen and oxygen atoms in total. The van der Waals surface area contributed by atoms with E-state index in [4.69, 9.17) is 103 Å². The number of amides is 1. The minimum absolute atomic E-state index is 0. The number of hydrazone groups is 1. The van der Waals surface area contributed by atoms with E-state index in [0.717, 1.165) is 64.4 Å². The Morgan fingerprint density at radius 2 is 0.951 bits per heavy atom. The van der Waals surface area contributed by atoms with Gasteiger partial charge in [0.25, 0.3) is 0 Å². The number of aliphatic hydroxyl groups excluding tert-OH is 2. The zero-order chi connectivity index (χ0) is 89.8. The molecule has 0 saturated carbocycles. The molecule has 11 rings (SSSR count). The molecule has 0 unspecified atom stereocenters. The van der Waals surface area contributed by atoms with Gasteiger partial charge in [0.15, 0.2) is 11.6 Å². The zero-order valence-corrected chi connectivity index (χ0v) is 75.5. The van der Waals surface area contributed by atoms with Crippen LogP contribution in [0, 0.1) is 32.1 Å². The van der Waals surface area contributed by atoms with Gasteiger partial charge in [-0.05, 0) is 120 Å². The maximum absolute atomic E-state index is 12.7. The van der Waals surface area contributed by atoms with Gasteiger partial charge >= 0.3 is 65.4 Å². The third kappa shape index (κ3) is 42.9. The summed E-state index contributed by atoms with van der Waals surface area (Å²) in [6, 6.07) is 47.8. The molecule has 0 bridgehead atoms. The van der Waals surface area contributed by atoms with E-state index in [9.17, 15) is 38.4 Å². The van der Waals surface area contributed by atoms with Gasteiger partial charge in [-0.15, -0.1) is 11.6 Å². The zero-order valence-electron chi connectivity index (χ0n) is 69.7. The number of aliphatic hydroxyl groups is 2. The Kier molecular flexibility index (Phi) is 56.4. The van der Waals surface area contributed by atoms with Crippen molar-refractivity contribution in [3.05, 3.63) is 246 Å². The summed E-state index contributed by atoms with van der Waals surface area (Å²) in [6.07, 6.45) is 1.75. The number of nitrogens with two attached hydrogens (primary N) is 1. The van der Waals surface area contributed by atoms with Crippen molar-refractivity contribution in [2.75, 3.05) is 67.6 Å². The van der Waals surface area contributed by atoms with Gasteiger partial charge in [-0.2, -0.15) is 25.3 Å². The minimum Gasteiger partial charge on any atom is -0.870 e. The number of alkyl halides is 1. The van der Waals surface area contributed by atoms with Gasteiger partial charge in [0, 0.05) is 116 Å². The number of carboxylic acid groups (broad SMARTS) is 1. The van der Waals surface area contributed by atoms with Crippen molar-refractivity contribution in [3.8, 4) is 40.2 Å². The van der Waals surface area contributed by atoms with Crippen molar-refractivity contribution in [2.24, 2.45) is 16.0 Å². The topological polar surface area (TPSA) is 482 Å². The van der Waals surface area contributed by atoms with Gasteiger partial charge in [0.05, 0.1) is 82.3 Å². The number of nitrogens with zero attached hydrogens (tertiary/aromatic N) is 11. The van der Waals surface area contributed by atoms with Gasteiger partial charge < -0.3 is 69.2 Å². The molecule has 0 fully saturated rings. The van der Waals surface area contributed by atoms with Crippen LogP contribution in [0.25, 0.3) is 34.2 Å². The molecule has 0 atom stereocenters. The summed E-state index contributed by atoms with van der Waals surface area (Å²) < 4.78 is 32.4. The van der Waals surface area contributed by atoms with Crippen molar-refractivity contribution in [1.82, 2.24) is 40.3 Å². The molecule has 0 spiro atoms. The van der Waals surface area contributed by atoms with E-state index in [1.54, 1.807) is 124 Å². The van der Waals surface area contributed by atoms with Crippen molar-refractivity contribution >= 4 is 117 Å². The second-order valence-electron chi connectivity index (χ2n) is 24.1. The molecule has 1 aliphatic rings. The normalized spacial score (nSPS) is 10.4. The second kappa shape index (κ2) is 62.0. The summed E-state index contributed by atoms with van der Waals surface area (Å²) >= 11 is 29.3. The Morgan fingerprint density at radius 1 is 0.557 bits per heavy atom. The minimum atomic E-state index is -0.860. The standard InChI is InChI=1S/C20H16Cl2N4O2.C12H12N2O3.C11H10N2O3.C10H12N2O3.C10H9NO2.C9H7Cl3O.C6H15N.C4H6O3.2CH4O.Na.H2O/c1-12-23-20(25-28-12)14-4-2-3-13(9-14)10-19(27)26-8-7-18(24-26)16-11-15(21)5-6-17(16)22;1-8-13-12(14-17-8)10-5-3-4-9(6-10)7-11(15)16-2;1-7-12-11(13-16-7)9-4-2-3-8(5-9)6-10(14)15;1-15-9(13)6-7-3-2-4-8(5-7)10(11)12-14;1-13-10(12)6-8-3-2-4-9(5-8)7-11;10-4-3-9(13)7-5-6(11)1-2-8(7)12;1-4-7(5-2)6-3;1-3(5)7-4(2)6;2*1-2;;/h2-6,9,11H,7-8,10H2,1H3;3-6H,7H2,1-2H3;2-5H,6H2,1H3,(H,14,15);2-5,14H,6H2,1H3,(H2,11,12);2-5H,6H2,1H3;1-2,5H,3-4H2;4-6H2,1-3H3;1-2H3;2*2H,1H3;;1H2/q;;;;;;;;;;+1;/p-1. The number of hydrogen-bond acceptors (Lipinski definition) is 29. The monoisotopic (exact) mass is 1790 g/mol. The molecular weight excluding hydrogens is 1700 g/mol. The number of nitriles is 1. The smallest absolute Gasteiger partial charge is 0.870 e. The van der Waals surface area contributed by atoms with E-state index in [0.29, 0.717) is 96.3 Å². The number of carbonyl (C=O) groups excluding carboxylic acids is 7. The quantitative estimate of drug-likeness (QED) is 0.00426. The number of ether oxygens (including phenoxy) is 4. The predicted molar refractivity (Wildman–Crippen MR) is 455 cm³/mol. The number of carboxylic acids is 1. The fraction of sp³-hybridized carbons (Fsp3) is 0.298. The first-order chi connectivity index (χ1) is 57.4. The molecule has 122 heavy (non-hydrogen) atoms. The number of oxime groups is 1. The number of aromatic nitrogens is 6. The van der Waals surface area contributed by atoms with Crippen LogP contribution < -0.4 is 35.3 Å². The van der Waals surface area contributed by atoms with E-state index in [-0.39, 0.29) is 109 Å². The number of esters is 5. The van der Waals surface area contributed by atoms with E-state index in [2.05, 4.69) is 85.3 Å². The van der Waals surface area contributed by atoms with Crippen LogP contribution in [0.4, 0.5) is 0 Å². The Bertz CT molecular complexity index is 5020. The number of aryl methyl sites for hydroxylation is 3. The summed E-state index contributed by atoms with van der Waals surface area (Å²) in [5.74, 6) is 0.255. The van der Waals surface area contributed by atoms with Crippen molar-refractivity contribution in [3.63, 3.8) is 0 Å². The molecule has 1 aliphatic heterocycles. The number of amidine groups is 1. The summed E-state index contributed by atoms with van der Waals surface area (Å²) in [4.78, 5) is 102. The number of benzene rings is 7. The number of Topliss-reactive ketones (excluding diaryl/α,β-unsaturated/α-hetero) is 1. The fourth-order valence-corrected chi connectivity index (χ4v) is 10.8. The van der Waals surface area contributed by atoms with Crippen LogP contribution in [0.2, 0.25) is 20.1 Å². The van der Waals surface area contributed by atoms with Crippen LogP contribution in [0.1, 0.15) is 120 Å². The number of ketones is 1. The summed E-state index contributed by atoms with van der Waals surface area (Å²) in [5.41, 5.74) is 14.9. The number of hydrogen-bond donors (Lipinski definition) is 5. The molecule has 1 amide bonds. The number of rotatable bonds is 21. The Morgan fingerprint density at radius 3 is 1.32 bits per heavy atom. The number of carbonyl (C=O) groups is 8. The number of methoxy groups -OCH3 is 3. The molecule has 0 aliphatic carbocycles. The van der Waals surface area contributed by atoms with E-state index in [1.165, 1.54) is 59.8 Å². The van der Waals surface area contributed by atoms with Gasteiger partial charge in [-0.25, -0.2) is 5.01 Å². The average molecular weight is 1790 g/mol. The van der Waals surface area contributed by atoms with Gasteiger partial charge in [-0.3, -0.25) is 38.4 Å². The molecule has 7 N–H and O–H groups in total. The van der Waals surface area contributed by atoms with Crippen molar-refractivity contribution in [2.45, 2.75) is 100 Å².